The van der Waals surface area contributed by atoms with Crippen LogP contribution in [0.4, 0.5) is 5.69 Å². The number of fused-ring (bicyclic) bond motifs is 1. The molecule has 1 spiro atoms. The van der Waals surface area contributed by atoms with Crippen molar-refractivity contribution in [3.8, 4) is 0 Å². The molecule has 37 heavy (non-hydrogen) atoms. The van der Waals surface area contributed by atoms with Crippen LogP contribution in [0.15, 0.2) is 36.4 Å². The van der Waals surface area contributed by atoms with Gasteiger partial charge in [0.2, 0.25) is 17.7 Å². The van der Waals surface area contributed by atoms with E-state index in [1.165, 1.54) is 0 Å². The Morgan fingerprint density at radius 2 is 2.03 bits per heavy atom. The summed E-state index contributed by atoms with van der Waals surface area (Å²) in [5.74, 6) is -1.20. The molecule has 2 saturated heterocycles. The molecule has 8 nitrogen and oxygen atoms in total. The van der Waals surface area contributed by atoms with E-state index in [0.29, 0.717) is 37.1 Å². The van der Waals surface area contributed by atoms with Crippen molar-refractivity contribution in [3.63, 3.8) is 0 Å². The molecule has 0 aromatic heterocycles. The first-order chi connectivity index (χ1) is 17.8. The Balaban J connectivity index is 1.42. The van der Waals surface area contributed by atoms with E-state index in [1.54, 1.807) is 12.0 Å². The minimum atomic E-state index is -1.14. The predicted molar refractivity (Wildman–Crippen MR) is 140 cm³/mol. The SMILES string of the molecule is COCCCN1C(=O)[C@H]2[C@H](C(=O)Nc3cccc(C)c3)[C@H]3C=C[C@@]2(O3)[C@@H]1C(=O)N[C@@H]1CCC[C@@H](C)[C@H]1C. The largest absolute Gasteiger partial charge is 0.385 e. The van der Waals surface area contributed by atoms with Crippen LogP contribution in [-0.4, -0.2) is 66.7 Å². The summed E-state index contributed by atoms with van der Waals surface area (Å²) in [7, 11) is 1.62. The van der Waals surface area contributed by atoms with E-state index in [-0.39, 0.29) is 23.8 Å². The molecule has 8 heteroatoms. The number of aryl methyl sites for hydroxylation is 1. The van der Waals surface area contributed by atoms with Gasteiger partial charge in [-0.25, -0.2) is 0 Å². The molecule has 1 saturated carbocycles. The summed E-state index contributed by atoms with van der Waals surface area (Å²) in [5.41, 5.74) is 0.572. The van der Waals surface area contributed by atoms with Gasteiger partial charge in [-0.2, -0.15) is 0 Å². The van der Waals surface area contributed by atoms with Crippen LogP contribution in [-0.2, 0) is 23.9 Å². The number of likely N-dealkylation sites (tertiary alicyclic amines) is 1. The van der Waals surface area contributed by atoms with Crippen molar-refractivity contribution in [3.05, 3.63) is 42.0 Å². The zero-order valence-corrected chi connectivity index (χ0v) is 22.2. The molecule has 3 aliphatic heterocycles. The lowest BCUT2D eigenvalue weighted by Gasteiger charge is -2.38. The van der Waals surface area contributed by atoms with Gasteiger partial charge in [-0.3, -0.25) is 14.4 Å². The van der Waals surface area contributed by atoms with Gasteiger partial charge in [-0.05, 0) is 49.3 Å². The van der Waals surface area contributed by atoms with Crippen molar-refractivity contribution in [2.24, 2.45) is 23.7 Å². The third-order valence-corrected chi connectivity index (χ3v) is 8.99. The number of amides is 3. The quantitative estimate of drug-likeness (QED) is 0.415. The van der Waals surface area contributed by atoms with Gasteiger partial charge in [0.25, 0.3) is 0 Å². The predicted octanol–water partition coefficient (Wildman–Crippen LogP) is 3.06. The number of carbonyl (C=O) groups is 3. The molecule has 5 rings (SSSR count). The minimum absolute atomic E-state index is 0.0608. The number of hydrogen-bond donors (Lipinski definition) is 2. The number of carbonyl (C=O) groups excluding carboxylic acids is 3. The summed E-state index contributed by atoms with van der Waals surface area (Å²) in [6.45, 7) is 7.23. The standard InChI is InChI=1S/C29H39N3O5/c1-17-8-5-10-20(16-17)30-26(33)23-22-12-13-29(37-22)24(23)28(35)32(14-7-15-36-4)25(29)27(34)31-21-11-6-9-18(2)19(21)3/h5,8,10,12-13,16,18-19,21-25H,6-7,9,11,14-15H2,1-4H3,(H,30,33)(H,31,34)/t18-,19-,21-,22-,23-,24-,25+,29+/m1/s1. The molecular weight excluding hydrogens is 470 g/mol. The number of rotatable bonds is 8. The summed E-state index contributed by atoms with van der Waals surface area (Å²) in [6, 6.07) is 6.82. The number of anilines is 1. The molecule has 1 aromatic carbocycles. The highest BCUT2D eigenvalue weighted by Crippen LogP contribution is 2.55. The van der Waals surface area contributed by atoms with Crippen LogP contribution in [0.5, 0.6) is 0 Å². The van der Waals surface area contributed by atoms with Crippen molar-refractivity contribution >= 4 is 23.4 Å². The van der Waals surface area contributed by atoms with Crippen LogP contribution in [0.3, 0.4) is 0 Å². The third kappa shape index (κ3) is 4.48. The van der Waals surface area contributed by atoms with Gasteiger partial charge in [-0.1, -0.05) is 51.0 Å². The number of nitrogens with one attached hydrogen (secondary N) is 2. The fourth-order valence-corrected chi connectivity index (χ4v) is 6.88. The highest BCUT2D eigenvalue weighted by atomic mass is 16.5. The van der Waals surface area contributed by atoms with Crippen LogP contribution in [0.2, 0.25) is 0 Å². The Kier molecular flexibility index (Phi) is 7.16. The van der Waals surface area contributed by atoms with Gasteiger partial charge < -0.3 is 25.0 Å². The van der Waals surface area contributed by atoms with Gasteiger partial charge in [0.15, 0.2) is 0 Å². The molecule has 4 aliphatic rings. The fourth-order valence-electron chi connectivity index (χ4n) is 6.88. The van der Waals surface area contributed by atoms with Crippen molar-refractivity contribution < 1.29 is 23.9 Å². The summed E-state index contributed by atoms with van der Waals surface area (Å²) < 4.78 is 11.7. The second-order valence-electron chi connectivity index (χ2n) is 11.3. The first-order valence-corrected chi connectivity index (χ1v) is 13.6. The highest BCUT2D eigenvalue weighted by molar-refractivity contribution is 6.02. The summed E-state index contributed by atoms with van der Waals surface area (Å²) in [6.07, 6.45) is 6.95. The van der Waals surface area contributed by atoms with Crippen molar-refractivity contribution in [1.82, 2.24) is 10.2 Å². The van der Waals surface area contributed by atoms with Gasteiger partial charge in [0.05, 0.1) is 17.9 Å². The molecular formula is C29H39N3O5. The Bertz CT molecular complexity index is 1090. The van der Waals surface area contributed by atoms with E-state index in [4.69, 9.17) is 9.47 Å². The number of hydrogen-bond acceptors (Lipinski definition) is 5. The second-order valence-corrected chi connectivity index (χ2v) is 11.3. The van der Waals surface area contributed by atoms with E-state index in [9.17, 15) is 14.4 Å². The van der Waals surface area contributed by atoms with Crippen LogP contribution in [0.25, 0.3) is 0 Å². The van der Waals surface area contributed by atoms with Crippen molar-refractivity contribution in [2.45, 2.75) is 70.2 Å². The Hall–Kier alpha value is -2.71. The maximum atomic E-state index is 13.9. The van der Waals surface area contributed by atoms with E-state index in [2.05, 4.69) is 24.5 Å². The molecule has 3 amide bonds. The normalized spacial score (nSPS) is 36.1. The van der Waals surface area contributed by atoms with Crippen LogP contribution < -0.4 is 10.6 Å². The van der Waals surface area contributed by atoms with Crippen LogP contribution >= 0.6 is 0 Å². The molecule has 2 bridgehead atoms. The third-order valence-electron chi connectivity index (χ3n) is 8.99. The molecule has 8 atom stereocenters. The molecule has 1 aromatic rings. The lowest BCUT2D eigenvalue weighted by Crippen LogP contribution is -2.58. The fraction of sp³-hybridized carbons (Fsp3) is 0.621. The number of nitrogens with zero attached hydrogens (tertiary/aromatic N) is 1. The monoisotopic (exact) mass is 509 g/mol. The maximum absolute atomic E-state index is 13.9. The summed E-state index contributed by atoms with van der Waals surface area (Å²) in [4.78, 5) is 43.0. The van der Waals surface area contributed by atoms with Gasteiger partial charge in [0.1, 0.15) is 11.6 Å². The Labute approximate surface area is 219 Å². The zero-order valence-electron chi connectivity index (χ0n) is 22.2. The average molecular weight is 510 g/mol. The van der Waals surface area contributed by atoms with E-state index in [1.807, 2.05) is 43.3 Å². The van der Waals surface area contributed by atoms with Crippen molar-refractivity contribution in [1.29, 1.82) is 0 Å². The van der Waals surface area contributed by atoms with Gasteiger partial charge >= 0.3 is 0 Å². The number of benzene rings is 1. The van der Waals surface area contributed by atoms with Crippen molar-refractivity contribution in [2.75, 3.05) is 25.6 Å². The maximum Gasteiger partial charge on any atom is 0.246 e. The lowest BCUT2D eigenvalue weighted by molar-refractivity contribution is -0.141. The van der Waals surface area contributed by atoms with E-state index in [0.717, 1.165) is 24.8 Å². The van der Waals surface area contributed by atoms with Gasteiger partial charge in [0, 0.05) is 32.0 Å². The Morgan fingerprint density at radius 3 is 2.78 bits per heavy atom. The summed E-state index contributed by atoms with van der Waals surface area (Å²) in [5, 5.41) is 6.27. The minimum Gasteiger partial charge on any atom is -0.385 e. The first kappa shape index (κ1) is 25.9. The lowest BCUT2D eigenvalue weighted by atomic mass is 9.73. The topological polar surface area (TPSA) is 97.0 Å². The summed E-state index contributed by atoms with van der Waals surface area (Å²) >= 11 is 0. The zero-order chi connectivity index (χ0) is 26.3. The smallest absolute Gasteiger partial charge is 0.246 e. The molecule has 0 radical (unpaired) electrons. The Morgan fingerprint density at radius 1 is 1.22 bits per heavy atom. The van der Waals surface area contributed by atoms with E-state index >= 15 is 0 Å². The molecule has 1 aliphatic carbocycles. The second kappa shape index (κ2) is 10.2. The molecule has 2 N–H and O–H groups in total. The first-order valence-electron chi connectivity index (χ1n) is 13.6. The number of methoxy groups -OCH3 is 1. The van der Waals surface area contributed by atoms with Crippen LogP contribution in [0, 0.1) is 30.6 Å². The van der Waals surface area contributed by atoms with Crippen LogP contribution in [0.1, 0.15) is 45.1 Å². The molecule has 0 unspecified atom stereocenters. The average Bonchev–Trinajstić information content (AvgIpc) is 3.50. The molecule has 3 heterocycles. The molecule has 200 valence electrons. The van der Waals surface area contributed by atoms with Gasteiger partial charge in [-0.15, -0.1) is 0 Å². The van der Waals surface area contributed by atoms with E-state index < -0.39 is 29.6 Å². The molecule has 3 fully saturated rings. The highest BCUT2D eigenvalue weighted by Gasteiger charge is 2.72. The number of ether oxygens (including phenoxy) is 2.